The Bertz CT molecular complexity index is 416. The SMILES string of the molecule is CC(C)On1ccc2c(N)csc21. The number of anilines is 1. The molecule has 70 valence electrons. The van der Waals surface area contributed by atoms with Crippen LogP contribution < -0.4 is 10.6 Å². The molecule has 4 heteroatoms. The monoisotopic (exact) mass is 196 g/mol. The molecule has 0 saturated heterocycles. The summed E-state index contributed by atoms with van der Waals surface area (Å²) in [7, 11) is 0. The number of thiophene rings is 1. The average Bonchev–Trinajstić information content (AvgIpc) is 2.56. The summed E-state index contributed by atoms with van der Waals surface area (Å²) in [5, 5.41) is 3.01. The van der Waals surface area contributed by atoms with Crippen molar-refractivity contribution in [3.63, 3.8) is 0 Å². The lowest BCUT2D eigenvalue weighted by molar-refractivity contribution is 0.0695. The fourth-order valence-electron chi connectivity index (χ4n) is 1.23. The number of rotatable bonds is 2. The summed E-state index contributed by atoms with van der Waals surface area (Å²) < 4.78 is 1.78. The lowest BCUT2D eigenvalue weighted by Crippen LogP contribution is -2.17. The molecule has 2 N–H and O–H groups in total. The Balaban J connectivity index is 2.46. The third-order valence-corrected chi connectivity index (χ3v) is 2.73. The normalized spacial score (nSPS) is 11.3. The zero-order chi connectivity index (χ0) is 9.42. The van der Waals surface area contributed by atoms with Gasteiger partial charge in [0.1, 0.15) is 10.9 Å². The van der Waals surface area contributed by atoms with Crippen LogP contribution in [0.5, 0.6) is 0 Å². The van der Waals surface area contributed by atoms with Gasteiger partial charge in [-0.2, -0.15) is 4.73 Å². The predicted molar refractivity (Wildman–Crippen MR) is 55.9 cm³/mol. The molecule has 2 aromatic rings. The molecule has 2 rings (SSSR count). The topological polar surface area (TPSA) is 40.2 Å². The van der Waals surface area contributed by atoms with Crippen molar-refractivity contribution in [1.82, 2.24) is 4.73 Å². The molecule has 13 heavy (non-hydrogen) atoms. The first kappa shape index (κ1) is 8.44. The van der Waals surface area contributed by atoms with E-state index in [-0.39, 0.29) is 6.10 Å². The molecule has 0 bridgehead atoms. The van der Waals surface area contributed by atoms with E-state index in [1.165, 1.54) is 0 Å². The van der Waals surface area contributed by atoms with Crippen LogP contribution in [0.15, 0.2) is 17.6 Å². The fraction of sp³-hybridized carbons (Fsp3) is 0.333. The predicted octanol–water partition coefficient (Wildman–Crippen LogP) is 2.12. The Morgan fingerprint density at radius 3 is 3.00 bits per heavy atom. The van der Waals surface area contributed by atoms with Gasteiger partial charge in [0.15, 0.2) is 0 Å². The van der Waals surface area contributed by atoms with Gasteiger partial charge < -0.3 is 10.6 Å². The minimum Gasteiger partial charge on any atom is -0.410 e. The minimum atomic E-state index is 0.180. The van der Waals surface area contributed by atoms with Gasteiger partial charge in [-0.1, -0.05) is 0 Å². The van der Waals surface area contributed by atoms with Crippen molar-refractivity contribution < 1.29 is 4.84 Å². The van der Waals surface area contributed by atoms with Crippen LogP contribution in [0.2, 0.25) is 0 Å². The summed E-state index contributed by atoms with van der Waals surface area (Å²) in [5.74, 6) is 0. The Kier molecular flexibility index (Phi) is 1.92. The molecule has 0 aliphatic rings. The zero-order valence-electron chi connectivity index (χ0n) is 7.65. The van der Waals surface area contributed by atoms with E-state index in [4.69, 9.17) is 10.6 Å². The van der Waals surface area contributed by atoms with E-state index >= 15 is 0 Å². The van der Waals surface area contributed by atoms with Crippen LogP contribution >= 0.6 is 11.3 Å². The molecule has 0 atom stereocenters. The second-order valence-electron chi connectivity index (χ2n) is 3.21. The molecule has 2 aromatic heterocycles. The van der Waals surface area contributed by atoms with Gasteiger partial charge in [-0.05, 0) is 19.9 Å². The van der Waals surface area contributed by atoms with Crippen LogP contribution in [-0.2, 0) is 0 Å². The maximum Gasteiger partial charge on any atom is 0.141 e. The first-order valence-corrected chi connectivity index (χ1v) is 5.07. The summed E-state index contributed by atoms with van der Waals surface area (Å²) in [5.41, 5.74) is 6.59. The van der Waals surface area contributed by atoms with Crippen molar-refractivity contribution in [2.75, 3.05) is 5.73 Å². The van der Waals surface area contributed by atoms with Gasteiger partial charge in [0, 0.05) is 17.0 Å². The average molecular weight is 196 g/mol. The molecule has 0 spiro atoms. The number of nitrogen functional groups attached to an aromatic ring is 1. The molecule has 2 heterocycles. The van der Waals surface area contributed by atoms with E-state index in [2.05, 4.69) is 0 Å². The van der Waals surface area contributed by atoms with E-state index in [9.17, 15) is 0 Å². The molecule has 0 aliphatic heterocycles. The van der Waals surface area contributed by atoms with Crippen LogP contribution in [0, 0.1) is 0 Å². The summed E-state index contributed by atoms with van der Waals surface area (Å²) >= 11 is 1.60. The summed E-state index contributed by atoms with van der Waals surface area (Å²) in [4.78, 5) is 6.63. The van der Waals surface area contributed by atoms with E-state index in [0.29, 0.717) is 0 Å². The quantitative estimate of drug-likeness (QED) is 0.799. The molecule has 0 saturated carbocycles. The van der Waals surface area contributed by atoms with E-state index in [0.717, 1.165) is 15.9 Å². The molecular weight excluding hydrogens is 184 g/mol. The Labute approximate surface area is 80.7 Å². The molecule has 0 fully saturated rings. The highest BCUT2D eigenvalue weighted by atomic mass is 32.1. The van der Waals surface area contributed by atoms with Crippen molar-refractivity contribution in [2.45, 2.75) is 20.0 Å². The Morgan fingerprint density at radius 2 is 2.31 bits per heavy atom. The highest BCUT2D eigenvalue weighted by Gasteiger charge is 2.07. The van der Waals surface area contributed by atoms with E-state index in [1.54, 1.807) is 16.1 Å². The lowest BCUT2D eigenvalue weighted by Gasteiger charge is -2.09. The first-order chi connectivity index (χ1) is 6.18. The molecule has 0 aliphatic carbocycles. The molecule has 0 aromatic carbocycles. The number of aromatic nitrogens is 1. The Hall–Kier alpha value is -1.16. The van der Waals surface area contributed by atoms with Crippen LogP contribution in [0.3, 0.4) is 0 Å². The van der Waals surface area contributed by atoms with Gasteiger partial charge in [-0.25, -0.2) is 0 Å². The van der Waals surface area contributed by atoms with Crippen LogP contribution in [-0.4, -0.2) is 10.8 Å². The van der Waals surface area contributed by atoms with E-state index < -0.39 is 0 Å². The summed E-state index contributed by atoms with van der Waals surface area (Å²) in [6.45, 7) is 4.01. The Morgan fingerprint density at radius 1 is 1.54 bits per heavy atom. The van der Waals surface area contributed by atoms with Crippen LogP contribution in [0.4, 0.5) is 5.69 Å². The van der Waals surface area contributed by atoms with Gasteiger partial charge in [0.25, 0.3) is 0 Å². The third kappa shape index (κ3) is 1.37. The third-order valence-electron chi connectivity index (χ3n) is 1.74. The summed E-state index contributed by atoms with van der Waals surface area (Å²) in [6.07, 6.45) is 2.08. The second-order valence-corrected chi connectivity index (χ2v) is 4.06. The van der Waals surface area contributed by atoms with Crippen LogP contribution in [0.25, 0.3) is 10.2 Å². The van der Waals surface area contributed by atoms with Gasteiger partial charge in [0.05, 0.1) is 5.69 Å². The number of hydrogen-bond acceptors (Lipinski definition) is 3. The minimum absolute atomic E-state index is 0.180. The zero-order valence-corrected chi connectivity index (χ0v) is 8.47. The second kappa shape index (κ2) is 2.96. The number of nitrogens with two attached hydrogens (primary N) is 1. The highest BCUT2D eigenvalue weighted by Crippen LogP contribution is 2.28. The van der Waals surface area contributed by atoms with Gasteiger partial charge in [-0.15, -0.1) is 11.3 Å². The lowest BCUT2D eigenvalue weighted by atomic mass is 10.4. The van der Waals surface area contributed by atoms with Gasteiger partial charge in [-0.3, -0.25) is 0 Å². The molecule has 3 nitrogen and oxygen atoms in total. The van der Waals surface area contributed by atoms with Crippen molar-refractivity contribution in [3.8, 4) is 0 Å². The fourth-order valence-corrected chi connectivity index (χ4v) is 2.11. The number of nitrogens with zero attached hydrogens (tertiary/aromatic N) is 1. The van der Waals surface area contributed by atoms with Gasteiger partial charge >= 0.3 is 0 Å². The van der Waals surface area contributed by atoms with E-state index in [1.807, 2.05) is 31.5 Å². The maximum absolute atomic E-state index is 5.76. The van der Waals surface area contributed by atoms with Crippen LogP contribution in [0.1, 0.15) is 13.8 Å². The molecule has 0 unspecified atom stereocenters. The number of fused-ring (bicyclic) bond motifs is 1. The summed E-state index contributed by atoms with van der Waals surface area (Å²) in [6, 6.07) is 1.98. The smallest absolute Gasteiger partial charge is 0.141 e. The molecule has 0 radical (unpaired) electrons. The first-order valence-electron chi connectivity index (χ1n) is 4.19. The molecular formula is C9H12N2OS. The largest absolute Gasteiger partial charge is 0.410 e. The van der Waals surface area contributed by atoms with Crippen molar-refractivity contribution >= 4 is 27.2 Å². The van der Waals surface area contributed by atoms with Crippen molar-refractivity contribution in [2.24, 2.45) is 0 Å². The van der Waals surface area contributed by atoms with Gasteiger partial charge in [0.2, 0.25) is 0 Å². The van der Waals surface area contributed by atoms with Crippen molar-refractivity contribution in [3.05, 3.63) is 17.6 Å². The maximum atomic E-state index is 5.76. The molecule has 0 amide bonds. The van der Waals surface area contributed by atoms with Crippen molar-refractivity contribution in [1.29, 1.82) is 0 Å². The highest BCUT2D eigenvalue weighted by molar-refractivity contribution is 7.17. The number of hydrogen-bond donors (Lipinski definition) is 1. The standard InChI is InChI=1S/C9H12N2OS/c1-6(2)12-11-4-3-7-8(10)5-13-9(7)11/h3-6H,10H2,1-2H3.